The van der Waals surface area contributed by atoms with E-state index in [1.165, 1.54) is 0 Å². The zero-order valence-corrected chi connectivity index (χ0v) is 11.7. The van der Waals surface area contributed by atoms with Crippen molar-refractivity contribution in [3.63, 3.8) is 0 Å². The fraction of sp³-hybridized carbons (Fsp3) is 0.692. The summed E-state index contributed by atoms with van der Waals surface area (Å²) in [5.41, 5.74) is 3.60. The van der Waals surface area contributed by atoms with Gasteiger partial charge in [0.25, 0.3) is 0 Å². The summed E-state index contributed by atoms with van der Waals surface area (Å²) in [6.07, 6.45) is 1.70. The van der Waals surface area contributed by atoms with E-state index >= 15 is 0 Å². The Morgan fingerprint density at radius 1 is 1.33 bits per heavy atom. The quantitative estimate of drug-likeness (QED) is 0.576. The normalized spacial score (nSPS) is 12.8. The Balaban J connectivity index is 3.01. The molecule has 0 radical (unpaired) electrons. The number of hydrogen-bond donors (Lipinski definition) is 2. The van der Waals surface area contributed by atoms with Gasteiger partial charge in [0.2, 0.25) is 0 Å². The third-order valence-corrected chi connectivity index (χ3v) is 2.59. The van der Waals surface area contributed by atoms with Crippen LogP contribution in [0.25, 0.3) is 0 Å². The molecule has 5 nitrogen and oxygen atoms in total. The van der Waals surface area contributed by atoms with Crippen LogP contribution in [0.2, 0.25) is 0 Å². The SMILES string of the molecule is CCOC(CC)c1nc(CC(C)C)cc(NN)n1. The first-order chi connectivity index (χ1) is 8.60. The summed E-state index contributed by atoms with van der Waals surface area (Å²) in [5, 5.41) is 0. The first-order valence-electron chi connectivity index (χ1n) is 6.56. The second-order valence-corrected chi connectivity index (χ2v) is 4.70. The van der Waals surface area contributed by atoms with Crippen LogP contribution in [-0.4, -0.2) is 16.6 Å². The first-order valence-corrected chi connectivity index (χ1v) is 6.56. The summed E-state index contributed by atoms with van der Waals surface area (Å²) in [7, 11) is 0. The predicted molar refractivity (Wildman–Crippen MR) is 73.0 cm³/mol. The van der Waals surface area contributed by atoms with Crippen molar-refractivity contribution in [2.75, 3.05) is 12.0 Å². The lowest BCUT2D eigenvalue weighted by Gasteiger charge is -2.16. The van der Waals surface area contributed by atoms with Crippen LogP contribution in [0.3, 0.4) is 0 Å². The van der Waals surface area contributed by atoms with Gasteiger partial charge in [0.1, 0.15) is 11.9 Å². The minimum Gasteiger partial charge on any atom is -0.371 e. The number of anilines is 1. The summed E-state index contributed by atoms with van der Waals surface area (Å²) in [4.78, 5) is 8.96. The molecule has 0 fully saturated rings. The van der Waals surface area contributed by atoms with E-state index in [4.69, 9.17) is 10.6 Å². The van der Waals surface area contributed by atoms with Crippen molar-refractivity contribution in [2.45, 2.75) is 46.6 Å². The molecule has 1 unspecified atom stereocenters. The Kier molecular flexibility index (Phi) is 6.01. The summed E-state index contributed by atoms with van der Waals surface area (Å²) >= 11 is 0. The topological polar surface area (TPSA) is 73.1 Å². The van der Waals surface area contributed by atoms with Gasteiger partial charge in [-0.05, 0) is 25.7 Å². The standard InChI is InChI=1S/C13H24N4O/c1-5-11(18-6-2)13-15-10(7-9(3)4)8-12(16-13)17-14/h8-9,11H,5-7,14H2,1-4H3,(H,15,16,17). The molecule has 0 aliphatic carbocycles. The molecule has 0 aliphatic rings. The molecule has 1 heterocycles. The third-order valence-electron chi connectivity index (χ3n) is 2.59. The number of ether oxygens (including phenoxy) is 1. The Morgan fingerprint density at radius 2 is 2.06 bits per heavy atom. The zero-order chi connectivity index (χ0) is 13.5. The summed E-state index contributed by atoms with van der Waals surface area (Å²) < 4.78 is 5.64. The molecule has 0 spiro atoms. The van der Waals surface area contributed by atoms with Crippen molar-refractivity contribution in [1.82, 2.24) is 9.97 Å². The van der Waals surface area contributed by atoms with Gasteiger partial charge in [0.05, 0.1) is 0 Å². The maximum absolute atomic E-state index is 5.64. The van der Waals surface area contributed by atoms with Crippen molar-refractivity contribution in [1.29, 1.82) is 0 Å². The lowest BCUT2D eigenvalue weighted by Crippen LogP contribution is -2.15. The lowest BCUT2D eigenvalue weighted by atomic mass is 10.1. The van der Waals surface area contributed by atoms with Gasteiger partial charge in [0.15, 0.2) is 5.82 Å². The molecule has 3 N–H and O–H groups in total. The van der Waals surface area contributed by atoms with E-state index in [0.29, 0.717) is 24.2 Å². The van der Waals surface area contributed by atoms with Crippen molar-refractivity contribution >= 4 is 5.82 Å². The summed E-state index contributed by atoms with van der Waals surface area (Å²) in [6.45, 7) is 9.02. The maximum atomic E-state index is 5.64. The highest BCUT2D eigenvalue weighted by Gasteiger charge is 2.15. The highest BCUT2D eigenvalue weighted by Crippen LogP contribution is 2.20. The van der Waals surface area contributed by atoms with Gasteiger partial charge in [0, 0.05) is 18.4 Å². The average Bonchev–Trinajstić information content (AvgIpc) is 2.34. The van der Waals surface area contributed by atoms with Crippen LogP contribution in [-0.2, 0) is 11.2 Å². The molecule has 0 saturated carbocycles. The molecular formula is C13H24N4O. The fourth-order valence-corrected chi connectivity index (χ4v) is 1.83. The molecular weight excluding hydrogens is 228 g/mol. The molecule has 0 aromatic carbocycles. The zero-order valence-electron chi connectivity index (χ0n) is 11.7. The smallest absolute Gasteiger partial charge is 0.159 e. The van der Waals surface area contributed by atoms with E-state index in [2.05, 4.69) is 36.2 Å². The van der Waals surface area contributed by atoms with Gasteiger partial charge in [-0.1, -0.05) is 20.8 Å². The van der Waals surface area contributed by atoms with Gasteiger partial charge in [-0.15, -0.1) is 0 Å². The average molecular weight is 252 g/mol. The van der Waals surface area contributed by atoms with Gasteiger partial charge < -0.3 is 10.2 Å². The van der Waals surface area contributed by atoms with E-state index in [9.17, 15) is 0 Å². The minimum atomic E-state index is -0.0609. The van der Waals surface area contributed by atoms with Crippen molar-refractivity contribution in [3.8, 4) is 0 Å². The van der Waals surface area contributed by atoms with Crippen LogP contribution in [0.5, 0.6) is 0 Å². The maximum Gasteiger partial charge on any atom is 0.159 e. The first kappa shape index (κ1) is 14.9. The molecule has 102 valence electrons. The van der Waals surface area contributed by atoms with Crippen LogP contribution in [0.15, 0.2) is 6.07 Å². The fourth-order valence-electron chi connectivity index (χ4n) is 1.83. The number of nitrogen functional groups attached to an aromatic ring is 1. The van der Waals surface area contributed by atoms with E-state index in [1.807, 2.05) is 13.0 Å². The summed E-state index contributed by atoms with van der Waals surface area (Å²) in [5.74, 6) is 7.36. The van der Waals surface area contributed by atoms with Crippen LogP contribution >= 0.6 is 0 Å². The number of nitrogens with one attached hydrogen (secondary N) is 1. The van der Waals surface area contributed by atoms with Gasteiger partial charge in [-0.2, -0.15) is 0 Å². The van der Waals surface area contributed by atoms with Crippen molar-refractivity contribution < 1.29 is 4.74 Å². The largest absolute Gasteiger partial charge is 0.371 e. The molecule has 0 amide bonds. The molecule has 1 aromatic rings. The van der Waals surface area contributed by atoms with Crippen LogP contribution < -0.4 is 11.3 Å². The molecule has 0 aliphatic heterocycles. The second kappa shape index (κ2) is 7.28. The number of hydrogen-bond acceptors (Lipinski definition) is 5. The molecule has 1 aromatic heterocycles. The molecule has 1 atom stereocenters. The molecule has 0 bridgehead atoms. The number of nitrogens with zero attached hydrogens (tertiary/aromatic N) is 2. The minimum absolute atomic E-state index is 0.0609. The second-order valence-electron chi connectivity index (χ2n) is 4.70. The monoisotopic (exact) mass is 252 g/mol. The van der Waals surface area contributed by atoms with E-state index < -0.39 is 0 Å². The number of nitrogens with two attached hydrogens (primary N) is 1. The number of aromatic nitrogens is 2. The van der Waals surface area contributed by atoms with Crippen LogP contribution in [0.1, 0.15) is 51.7 Å². The van der Waals surface area contributed by atoms with E-state index in [-0.39, 0.29) is 6.10 Å². The van der Waals surface area contributed by atoms with Gasteiger partial charge in [-0.25, -0.2) is 15.8 Å². The predicted octanol–water partition coefficient (Wildman–Crippen LogP) is 2.45. The van der Waals surface area contributed by atoms with Crippen LogP contribution in [0.4, 0.5) is 5.82 Å². The summed E-state index contributed by atoms with van der Waals surface area (Å²) in [6, 6.07) is 1.89. The lowest BCUT2D eigenvalue weighted by molar-refractivity contribution is 0.0534. The van der Waals surface area contributed by atoms with Crippen LogP contribution in [0, 0.1) is 5.92 Å². The highest BCUT2D eigenvalue weighted by molar-refractivity contribution is 5.34. The highest BCUT2D eigenvalue weighted by atomic mass is 16.5. The van der Waals surface area contributed by atoms with E-state index in [0.717, 1.165) is 18.5 Å². The molecule has 0 saturated heterocycles. The van der Waals surface area contributed by atoms with Gasteiger partial charge >= 0.3 is 0 Å². The van der Waals surface area contributed by atoms with Crippen molar-refractivity contribution in [3.05, 3.63) is 17.6 Å². The van der Waals surface area contributed by atoms with Gasteiger partial charge in [-0.3, -0.25) is 0 Å². The number of rotatable bonds is 7. The number of hydrazine groups is 1. The molecule has 1 rings (SSSR count). The van der Waals surface area contributed by atoms with E-state index in [1.54, 1.807) is 0 Å². The van der Waals surface area contributed by atoms with Crippen molar-refractivity contribution in [2.24, 2.45) is 11.8 Å². The molecule has 18 heavy (non-hydrogen) atoms. The Labute approximate surface area is 109 Å². The molecule has 5 heteroatoms. The Morgan fingerprint density at radius 3 is 2.56 bits per heavy atom. The Bertz CT molecular complexity index is 368. The Hall–Kier alpha value is -1.20. The third kappa shape index (κ3) is 4.23.